The minimum absolute atomic E-state index is 0.0232. The van der Waals surface area contributed by atoms with Crippen molar-refractivity contribution in [2.45, 2.75) is 6.92 Å². The van der Waals surface area contributed by atoms with Crippen LogP contribution in [0.4, 0.5) is 11.8 Å². The maximum Gasteiger partial charge on any atom is 0.222 e. The predicted octanol–water partition coefficient (Wildman–Crippen LogP) is 2.09. The van der Waals surface area contributed by atoms with Crippen LogP contribution in [0.5, 0.6) is 0 Å². The Hall–Kier alpha value is -1.85. The third-order valence-electron chi connectivity index (χ3n) is 2.71. The number of aliphatic hydroxyl groups is 1. The topological polar surface area (TPSA) is 84.1 Å². The van der Waals surface area contributed by atoms with Crippen molar-refractivity contribution in [3.8, 4) is 11.3 Å². The van der Waals surface area contributed by atoms with Crippen LogP contribution in [0, 0.1) is 6.92 Å². The lowest BCUT2D eigenvalue weighted by Crippen LogP contribution is -2.09. The lowest BCUT2D eigenvalue weighted by atomic mass is 10.1. The van der Waals surface area contributed by atoms with Gasteiger partial charge < -0.3 is 16.2 Å². The van der Waals surface area contributed by atoms with Crippen LogP contribution in [-0.4, -0.2) is 28.2 Å². The summed E-state index contributed by atoms with van der Waals surface area (Å²) in [7, 11) is 0. The molecule has 2 aromatic rings. The number of benzene rings is 1. The molecule has 19 heavy (non-hydrogen) atoms. The Kier molecular flexibility index (Phi) is 4.19. The van der Waals surface area contributed by atoms with Crippen molar-refractivity contribution in [2.75, 3.05) is 24.2 Å². The quantitative estimate of drug-likeness (QED) is 0.797. The lowest BCUT2D eigenvalue weighted by Gasteiger charge is -2.10. The first-order valence-electron chi connectivity index (χ1n) is 5.86. The number of nitrogens with one attached hydrogen (secondary N) is 1. The van der Waals surface area contributed by atoms with Crippen LogP contribution in [-0.2, 0) is 0 Å². The van der Waals surface area contributed by atoms with Gasteiger partial charge in [0.15, 0.2) is 0 Å². The zero-order chi connectivity index (χ0) is 13.8. The molecule has 0 spiro atoms. The number of aromatic nitrogens is 2. The number of halogens is 1. The molecule has 0 saturated carbocycles. The van der Waals surface area contributed by atoms with Crippen molar-refractivity contribution in [1.82, 2.24) is 9.97 Å². The van der Waals surface area contributed by atoms with Gasteiger partial charge in [0.2, 0.25) is 5.95 Å². The molecule has 2 rings (SSSR count). The fourth-order valence-electron chi connectivity index (χ4n) is 1.76. The Bertz CT molecular complexity index is 589. The number of nitrogens with zero attached hydrogens (tertiary/aromatic N) is 2. The molecule has 5 nitrogen and oxygen atoms in total. The summed E-state index contributed by atoms with van der Waals surface area (Å²) in [5, 5.41) is 12.5. The first kappa shape index (κ1) is 13.6. The van der Waals surface area contributed by atoms with Crippen LogP contribution < -0.4 is 11.1 Å². The first-order valence-corrected chi connectivity index (χ1v) is 6.24. The van der Waals surface area contributed by atoms with E-state index in [-0.39, 0.29) is 12.6 Å². The summed E-state index contributed by atoms with van der Waals surface area (Å²) < 4.78 is 0. The van der Waals surface area contributed by atoms with Crippen molar-refractivity contribution in [3.63, 3.8) is 0 Å². The summed E-state index contributed by atoms with van der Waals surface area (Å²) >= 11 is 6.10. The summed E-state index contributed by atoms with van der Waals surface area (Å²) in [6.07, 6.45) is 0. The molecule has 6 heteroatoms. The van der Waals surface area contributed by atoms with Gasteiger partial charge in [-0.05, 0) is 18.6 Å². The number of rotatable bonds is 4. The lowest BCUT2D eigenvalue weighted by molar-refractivity contribution is 0.311. The molecular formula is C13H15ClN4O. The highest BCUT2D eigenvalue weighted by atomic mass is 35.5. The Morgan fingerprint density at radius 2 is 2.16 bits per heavy atom. The van der Waals surface area contributed by atoms with Crippen molar-refractivity contribution in [3.05, 3.63) is 34.9 Å². The van der Waals surface area contributed by atoms with Crippen molar-refractivity contribution < 1.29 is 5.11 Å². The van der Waals surface area contributed by atoms with Gasteiger partial charge in [-0.25, -0.2) is 4.98 Å². The SMILES string of the molecule is Cc1c(Cl)cccc1-c1cc(NCCO)nc(N)n1. The average Bonchev–Trinajstić information content (AvgIpc) is 2.39. The maximum absolute atomic E-state index is 8.81. The second-order valence-corrected chi connectivity index (χ2v) is 4.47. The molecule has 0 fully saturated rings. The molecule has 1 heterocycles. The smallest absolute Gasteiger partial charge is 0.222 e. The highest BCUT2D eigenvalue weighted by molar-refractivity contribution is 6.31. The van der Waals surface area contributed by atoms with E-state index in [1.807, 2.05) is 25.1 Å². The number of aliphatic hydroxyl groups excluding tert-OH is 1. The Morgan fingerprint density at radius 3 is 2.89 bits per heavy atom. The number of nitrogen functional groups attached to an aromatic ring is 1. The second kappa shape index (κ2) is 5.86. The van der Waals surface area contributed by atoms with E-state index in [0.717, 1.165) is 11.1 Å². The predicted molar refractivity (Wildman–Crippen MR) is 77.2 cm³/mol. The fourth-order valence-corrected chi connectivity index (χ4v) is 1.94. The van der Waals surface area contributed by atoms with Gasteiger partial charge in [0.05, 0.1) is 12.3 Å². The van der Waals surface area contributed by atoms with E-state index in [0.29, 0.717) is 23.1 Å². The number of hydrogen-bond acceptors (Lipinski definition) is 5. The molecule has 0 unspecified atom stereocenters. The van der Waals surface area contributed by atoms with E-state index >= 15 is 0 Å². The standard InChI is InChI=1S/C13H15ClN4O/c1-8-9(3-2-4-10(8)14)11-7-12(16-5-6-19)18-13(15)17-11/h2-4,7,19H,5-6H2,1H3,(H3,15,16,17,18). The molecule has 0 saturated heterocycles. The summed E-state index contributed by atoms with van der Waals surface area (Å²) in [6.45, 7) is 2.36. The molecule has 4 N–H and O–H groups in total. The van der Waals surface area contributed by atoms with Crippen LogP contribution in [0.1, 0.15) is 5.56 Å². The average molecular weight is 279 g/mol. The van der Waals surface area contributed by atoms with E-state index in [1.165, 1.54) is 0 Å². The molecule has 100 valence electrons. The Balaban J connectivity index is 2.44. The molecule has 0 bridgehead atoms. The molecule has 0 aliphatic carbocycles. The molecular weight excluding hydrogens is 264 g/mol. The molecule has 0 atom stereocenters. The number of nitrogens with two attached hydrogens (primary N) is 1. The van der Waals surface area contributed by atoms with Crippen LogP contribution in [0.2, 0.25) is 5.02 Å². The third-order valence-corrected chi connectivity index (χ3v) is 3.11. The van der Waals surface area contributed by atoms with E-state index in [4.69, 9.17) is 22.4 Å². The Labute approximate surface area is 116 Å². The second-order valence-electron chi connectivity index (χ2n) is 4.06. The van der Waals surface area contributed by atoms with E-state index in [1.54, 1.807) is 6.07 Å². The highest BCUT2D eigenvalue weighted by Crippen LogP contribution is 2.28. The molecule has 0 amide bonds. The summed E-state index contributed by atoms with van der Waals surface area (Å²) in [6, 6.07) is 7.41. The van der Waals surface area contributed by atoms with Gasteiger partial charge in [-0.15, -0.1) is 0 Å². The molecule has 0 radical (unpaired) electrons. The number of anilines is 2. The summed E-state index contributed by atoms with van der Waals surface area (Å²) in [5.74, 6) is 0.758. The van der Waals surface area contributed by atoms with E-state index in [9.17, 15) is 0 Å². The zero-order valence-electron chi connectivity index (χ0n) is 10.5. The van der Waals surface area contributed by atoms with E-state index in [2.05, 4.69) is 15.3 Å². The molecule has 0 aliphatic heterocycles. The van der Waals surface area contributed by atoms with Gasteiger partial charge in [-0.1, -0.05) is 23.7 Å². The summed E-state index contributed by atoms with van der Waals surface area (Å²) in [5.41, 5.74) is 8.25. The normalized spacial score (nSPS) is 10.5. The van der Waals surface area contributed by atoms with Gasteiger partial charge in [0.1, 0.15) is 5.82 Å². The molecule has 1 aromatic carbocycles. The summed E-state index contributed by atoms with van der Waals surface area (Å²) in [4.78, 5) is 8.28. The van der Waals surface area contributed by atoms with Crippen molar-refractivity contribution in [1.29, 1.82) is 0 Å². The number of hydrogen-bond donors (Lipinski definition) is 3. The van der Waals surface area contributed by atoms with Crippen molar-refractivity contribution >= 4 is 23.4 Å². The van der Waals surface area contributed by atoms with E-state index < -0.39 is 0 Å². The monoisotopic (exact) mass is 278 g/mol. The van der Waals surface area contributed by atoms with Gasteiger partial charge in [-0.2, -0.15) is 4.98 Å². The Morgan fingerprint density at radius 1 is 1.37 bits per heavy atom. The third kappa shape index (κ3) is 3.13. The van der Waals surface area contributed by atoms with Crippen LogP contribution in [0.25, 0.3) is 11.3 Å². The highest BCUT2D eigenvalue weighted by Gasteiger charge is 2.09. The van der Waals surface area contributed by atoms with Crippen LogP contribution >= 0.6 is 11.6 Å². The van der Waals surface area contributed by atoms with Crippen molar-refractivity contribution in [2.24, 2.45) is 0 Å². The molecule has 0 aliphatic rings. The van der Waals surface area contributed by atoms with Crippen LogP contribution in [0.15, 0.2) is 24.3 Å². The van der Waals surface area contributed by atoms with Gasteiger partial charge in [0, 0.05) is 23.2 Å². The first-order chi connectivity index (χ1) is 9.11. The minimum Gasteiger partial charge on any atom is -0.395 e. The van der Waals surface area contributed by atoms with Crippen LogP contribution in [0.3, 0.4) is 0 Å². The van der Waals surface area contributed by atoms with Gasteiger partial charge in [0.25, 0.3) is 0 Å². The van der Waals surface area contributed by atoms with Gasteiger partial charge in [-0.3, -0.25) is 0 Å². The molecule has 1 aromatic heterocycles. The minimum atomic E-state index is 0.0232. The largest absolute Gasteiger partial charge is 0.395 e. The maximum atomic E-state index is 8.81. The fraction of sp³-hybridized carbons (Fsp3) is 0.231. The zero-order valence-corrected chi connectivity index (χ0v) is 11.3. The van der Waals surface area contributed by atoms with Gasteiger partial charge >= 0.3 is 0 Å².